The van der Waals surface area contributed by atoms with Crippen molar-refractivity contribution in [1.29, 1.82) is 0 Å². The van der Waals surface area contributed by atoms with Crippen LogP contribution in [0.15, 0.2) is 18.2 Å². The maximum atomic E-state index is 11.0. The summed E-state index contributed by atoms with van der Waals surface area (Å²) in [6.07, 6.45) is 1.54. The second-order valence-corrected chi connectivity index (χ2v) is 4.20. The average Bonchev–Trinajstić information content (AvgIpc) is 2.37. The molecule has 20 heavy (non-hydrogen) atoms. The van der Waals surface area contributed by atoms with Crippen molar-refractivity contribution in [3.05, 3.63) is 33.9 Å². The van der Waals surface area contributed by atoms with Crippen molar-refractivity contribution >= 4 is 23.2 Å². The van der Waals surface area contributed by atoms with Gasteiger partial charge in [0.15, 0.2) is 0 Å². The van der Waals surface area contributed by atoms with Crippen LogP contribution >= 0.6 is 0 Å². The van der Waals surface area contributed by atoms with Gasteiger partial charge in [-0.15, -0.1) is 0 Å². The van der Waals surface area contributed by atoms with Crippen LogP contribution in [0.4, 0.5) is 11.4 Å². The number of benzene rings is 1. The van der Waals surface area contributed by atoms with E-state index < -0.39 is 10.8 Å². The number of unbranched alkanes of at least 4 members (excludes halogenated alkanes) is 1. The number of nitrogens with one attached hydrogen (secondary N) is 1. The molecule has 0 saturated heterocycles. The first-order valence-corrected chi connectivity index (χ1v) is 6.02. The van der Waals surface area contributed by atoms with E-state index in [9.17, 15) is 19.7 Å². The summed E-state index contributed by atoms with van der Waals surface area (Å²) >= 11 is 0. The minimum atomic E-state index is -0.721. The molecule has 108 valence electrons. The van der Waals surface area contributed by atoms with Crippen LogP contribution in [0.3, 0.4) is 0 Å². The lowest BCUT2D eigenvalue weighted by Gasteiger charge is -2.07. The molecule has 0 bridgehead atoms. The second kappa shape index (κ2) is 7.07. The first-order chi connectivity index (χ1) is 9.41. The van der Waals surface area contributed by atoms with Gasteiger partial charge < -0.3 is 16.8 Å². The SMILES string of the molecule is NC(=O)CCCCNc1ccc(C(N)=O)cc1[N+](=O)[O-]. The third-order valence-corrected chi connectivity index (χ3v) is 2.64. The Morgan fingerprint density at radius 2 is 1.95 bits per heavy atom. The second-order valence-electron chi connectivity index (χ2n) is 4.20. The maximum Gasteiger partial charge on any atom is 0.293 e. The molecule has 0 aliphatic carbocycles. The number of carbonyl (C=O) groups is 2. The molecular formula is C12H16N4O4. The molecule has 5 N–H and O–H groups in total. The molecule has 0 radical (unpaired) electrons. The fourth-order valence-corrected chi connectivity index (χ4v) is 1.63. The maximum absolute atomic E-state index is 11.0. The number of nitro groups is 1. The van der Waals surface area contributed by atoms with Crippen molar-refractivity contribution in [3.8, 4) is 0 Å². The Morgan fingerprint density at radius 1 is 1.25 bits per heavy atom. The molecule has 0 fully saturated rings. The molecule has 2 amide bonds. The summed E-state index contributed by atoms with van der Waals surface area (Å²) in [5.41, 5.74) is 10.2. The monoisotopic (exact) mass is 280 g/mol. The van der Waals surface area contributed by atoms with Gasteiger partial charge in [-0.3, -0.25) is 19.7 Å². The number of hydrogen-bond acceptors (Lipinski definition) is 5. The van der Waals surface area contributed by atoms with E-state index in [0.717, 1.165) is 6.07 Å². The molecule has 0 aliphatic rings. The van der Waals surface area contributed by atoms with Gasteiger partial charge in [0.2, 0.25) is 11.8 Å². The van der Waals surface area contributed by atoms with Crippen LogP contribution in [-0.2, 0) is 4.79 Å². The van der Waals surface area contributed by atoms with Crippen LogP contribution in [0, 0.1) is 10.1 Å². The number of carbonyl (C=O) groups excluding carboxylic acids is 2. The van der Waals surface area contributed by atoms with E-state index in [-0.39, 0.29) is 23.6 Å². The van der Waals surface area contributed by atoms with E-state index in [1.54, 1.807) is 0 Å². The zero-order chi connectivity index (χ0) is 15.1. The topological polar surface area (TPSA) is 141 Å². The van der Waals surface area contributed by atoms with Gasteiger partial charge in [-0.25, -0.2) is 0 Å². The number of primary amides is 2. The lowest BCUT2D eigenvalue weighted by Crippen LogP contribution is -2.13. The number of nitrogens with zero attached hydrogens (tertiary/aromatic N) is 1. The predicted molar refractivity (Wildman–Crippen MR) is 73.1 cm³/mol. The van der Waals surface area contributed by atoms with Crippen molar-refractivity contribution in [2.75, 3.05) is 11.9 Å². The van der Waals surface area contributed by atoms with E-state index in [1.807, 2.05) is 0 Å². The zero-order valence-electron chi connectivity index (χ0n) is 10.8. The Kier molecular flexibility index (Phi) is 5.45. The number of nitrogens with two attached hydrogens (primary N) is 2. The molecule has 8 heteroatoms. The van der Waals surface area contributed by atoms with Crippen LogP contribution in [0.25, 0.3) is 0 Å². The fourth-order valence-electron chi connectivity index (χ4n) is 1.63. The Bertz CT molecular complexity index is 530. The van der Waals surface area contributed by atoms with Gasteiger partial charge in [-0.1, -0.05) is 0 Å². The third kappa shape index (κ3) is 4.56. The molecule has 0 unspecified atom stereocenters. The van der Waals surface area contributed by atoms with Crippen molar-refractivity contribution in [2.45, 2.75) is 19.3 Å². The van der Waals surface area contributed by atoms with Gasteiger partial charge in [0.25, 0.3) is 5.69 Å². The molecule has 0 saturated carbocycles. The highest BCUT2D eigenvalue weighted by atomic mass is 16.6. The average molecular weight is 280 g/mol. The highest BCUT2D eigenvalue weighted by Gasteiger charge is 2.16. The normalized spacial score (nSPS) is 10.0. The summed E-state index contributed by atoms with van der Waals surface area (Å²) in [7, 11) is 0. The van der Waals surface area contributed by atoms with Crippen molar-refractivity contribution in [3.63, 3.8) is 0 Å². The molecule has 1 aromatic carbocycles. The van der Waals surface area contributed by atoms with E-state index in [4.69, 9.17) is 11.5 Å². The van der Waals surface area contributed by atoms with Gasteiger partial charge in [0, 0.05) is 24.6 Å². The van der Waals surface area contributed by atoms with Crippen LogP contribution in [-0.4, -0.2) is 23.3 Å². The van der Waals surface area contributed by atoms with E-state index in [0.29, 0.717) is 25.1 Å². The van der Waals surface area contributed by atoms with E-state index in [2.05, 4.69) is 5.32 Å². The summed E-state index contributed by atoms with van der Waals surface area (Å²) < 4.78 is 0. The molecular weight excluding hydrogens is 264 g/mol. The first kappa shape index (κ1) is 15.4. The highest BCUT2D eigenvalue weighted by Crippen LogP contribution is 2.25. The van der Waals surface area contributed by atoms with Gasteiger partial charge in [0.05, 0.1) is 4.92 Å². The van der Waals surface area contributed by atoms with Gasteiger partial charge >= 0.3 is 0 Å². The number of rotatable bonds is 8. The van der Waals surface area contributed by atoms with E-state index in [1.165, 1.54) is 12.1 Å². The molecule has 0 heterocycles. The van der Waals surface area contributed by atoms with Crippen molar-refractivity contribution < 1.29 is 14.5 Å². The summed E-state index contributed by atoms with van der Waals surface area (Å²) in [6.45, 7) is 0.462. The quantitative estimate of drug-likeness (QED) is 0.366. The molecule has 1 aromatic rings. The summed E-state index contributed by atoms with van der Waals surface area (Å²) in [4.78, 5) is 31.9. The van der Waals surface area contributed by atoms with Gasteiger partial charge in [-0.2, -0.15) is 0 Å². The predicted octanol–water partition coefficient (Wildman–Crippen LogP) is 0.761. The Hall–Kier alpha value is -2.64. The minimum Gasteiger partial charge on any atom is -0.379 e. The summed E-state index contributed by atoms with van der Waals surface area (Å²) in [6, 6.07) is 3.99. The summed E-state index contributed by atoms with van der Waals surface area (Å²) in [5.74, 6) is -1.09. The Balaban J connectivity index is 2.67. The number of anilines is 1. The smallest absolute Gasteiger partial charge is 0.293 e. The highest BCUT2D eigenvalue weighted by molar-refractivity contribution is 5.94. The third-order valence-electron chi connectivity index (χ3n) is 2.64. The zero-order valence-corrected chi connectivity index (χ0v) is 10.8. The van der Waals surface area contributed by atoms with Gasteiger partial charge in [0.1, 0.15) is 5.69 Å². The molecule has 0 spiro atoms. The lowest BCUT2D eigenvalue weighted by atomic mass is 10.1. The first-order valence-electron chi connectivity index (χ1n) is 6.02. The number of hydrogen-bond donors (Lipinski definition) is 3. The van der Waals surface area contributed by atoms with Crippen LogP contribution in [0.2, 0.25) is 0 Å². The van der Waals surface area contributed by atoms with Crippen LogP contribution in [0.5, 0.6) is 0 Å². The molecule has 0 aliphatic heterocycles. The lowest BCUT2D eigenvalue weighted by molar-refractivity contribution is -0.384. The van der Waals surface area contributed by atoms with Crippen molar-refractivity contribution in [2.24, 2.45) is 11.5 Å². The summed E-state index contributed by atoms with van der Waals surface area (Å²) in [5, 5.41) is 13.8. The van der Waals surface area contributed by atoms with Crippen LogP contribution in [0.1, 0.15) is 29.6 Å². The largest absolute Gasteiger partial charge is 0.379 e. The van der Waals surface area contributed by atoms with Crippen molar-refractivity contribution in [1.82, 2.24) is 0 Å². The van der Waals surface area contributed by atoms with Gasteiger partial charge in [-0.05, 0) is 25.0 Å². The number of nitro benzene ring substituents is 1. The minimum absolute atomic E-state index is 0.0796. The number of amides is 2. The Morgan fingerprint density at radius 3 is 2.50 bits per heavy atom. The molecule has 0 aromatic heterocycles. The Labute approximate surface area is 115 Å². The molecule has 0 atom stereocenters. The molecule has 1 rings (SSSR count). The van der Waals surface area contributed by atoms with E-state index >= 15 is 0 Å². The fraction of sp³-hybridized carbons (Fsp3) is 0.333. The molecule has 8 nitrogen and oxygen atoms in total. The standard InChI is InChI=1S/C12H16N4O4/c13-11(17)3-1-2-6-15-9-5-4-8(12(14)18)7-10(9)16(19)20/h4-5,7,15H,1-3,6H2,(H2,13,17)(H2,14,18). The van der Waals surface area contributed by atoms with Crippen LogP contribution < -0.4 is 16.8 Å².